The number of thiophene rings is 1. The highest BCUT2D eigenvalue weighted by atomic mass is 32.1. The second kappa shape index (κ2) is 7.77. The summed E-state index contributed by atoms with van der Waals surface area (Å²) >= 11 is 1.80. The number of hydrogen-bond acceptors (Lipinski definition) is 3. The molecule has 1 amide bonds. The third kappa shape index (κ3) is 3.92. The fraction of sp³-hybridized carbons (Fsp3) is 0.409. The van der Waals surface area contributed by atoms with E-state index in [9.17, 15) is 4.79 Å². The number of amides is 1. The zero-order chi connectivity index (χ0) is 18.7. The zero-order valence-corrected chi connectivity index (χ0v) is 16.7. The first kappa shape index (κ1) is 18.9. The van der Waals surface area contributed by atoms with Crippen LogP contribution in [0.3, 0.4) is 0 Å². The number of benzene rings is 1. The minimum Gasteiger partial charge on any atom is -0.330 e. The van der Waals surface area contributed by atoms with Gasteiger partial charge in [0.25, 0.3) is 0 Å². The van der Waals surface area contributed by atoms with Crippen molar-refractivity contribution in [3.05, 3.63) is 69.9 Å². The fourth-order valence-corrected chi connectivity index (χ4v) is 4.40. The molecule has 0 radical (unpaired) electrons. The Morgan fingerprint density at radius 2 is 2.04 bits per heavy atom. The van der Waals surface area contributed by atoms with Crippen LogP contribution < -0.4 is 5.32 Å². The Hall–Kier alpha value is -1.91. The van der Waals surface area contributed by atoms with Crippen LogP contribution in [0, 0.1) is 0 Å². The number of carbonyl (C=O) groups is 1. The van der Waals surface area contributed by atoms with Crippen LogP contribution in [-0.2, 0) is 16.6 Å². The number of carbonyl (C=O) groups excluding carboxylic acids is 1. The summed E-state index contributed by atoms with van der Waals surface area (Å²) in [5.74, 6) is 0.147. The summed E-state index contributed by atoms with van der Waals surface area (Å²) in [6, 6.07) is 11.0. The van der Waals surface area contributed by atoms with Gasteiger partial charge < -0.3 is 10.2 Å². The standard InChI is InChI=1S/C22H28N2OS/c1-5-12-23-15-20(25)24-13-10-19-18(11-14-26-19)21(24)16-6-8-17(9-7-16)22(2,3)4/h5-9,11,14,21,23H,1,10,12-13,15H2,2-4H3/t21-/m0/s1. The van der Waals surface area contributed by atoms with Crippen molar-refractivity contribution < 1.29 is 4.79 Å². The van der Waals surface area contributed by atoms with E-state index in [2.05, 4.69) is 68.4 Å². The van der Waals surface area contributed by atoms with E-state index in [-0.39, 0.29) is 17.4 Å². The summed E-state index contributed by atoms with van der Waals surface area (Å²) in [5.41, 5.74) is 3.91. The average Bonchev–Trinajstić information content (AvgIpc) is 3.09. The molecule has 2 aromatic rings. The summed E-state index contributed by atoms with van der Waals surface area (Å²) < 4.78 is 0. The van der Waals surface area contributed by atoms with Gasteiger partial charge in [-0.25, -0.2) is 0 Å². The SMILES string of the molecule is C=CCNCC(=O)N1CCc2sccc2[C@@H]1c1ccc(C(C)(C)C)cc1. The summed E-state index contributed by atoms with van der Waals surface area (Å²) in [6.45, 7) is 12.1. The molecule has 1 aliphatic rings. The van der Waals surface area contributed by atoms with Crippen molar-refractivity contribution in [2.24, 2.45) is 0 Å². The molecule has 26 heavy (non-hydrogen) atoms. The van der Waals surface area contributed by atoms with E-state index in [1.807, 2.05) is 4.90 Å². The number of hydrogen-bond donors (Lipinski definition) is 1. The van der Waals surface area contributed by atoms with Crippen molar-refractivity contribution in [1.82, 2.24) is 10.2 Å². The lowest BCUT2D eigenvalue weighted by molar-refractivity contribution is -0.132. The van der Waals surface area contributed by atoms with E-state index in [1.165, 1.54) is 21.6 Å². The number of rotatable bonds is 5. The third-order valence-electron chi connectivity index (χ3n) is 4.94. The van der Waals surface area contributed by atoms with E-state index in [4.69, 9.17) is 0 Å². The topological polar surface area (TPSA) is 32.3 Å². The van der Waals surface area contributed by atoms with Crippen LogP contribution in [0.25, 0.3) is 0 Å². The Balaban J connectivity index is 1.91. The maximum absolute atomic E-state index is 12.8. The normalized spacial score (nSPS) is 17.0. The Morgan fingerprint density at radius 3 is 2.69 bits per heavy atom. The minimum atomic E-state index is 0.0112. The molecule has 0 fully saturated rings. The van der Waals surface area contributed by atoms with Gasteiger partial charge in [0.2, 0.25) is 5.91 Å². The van der Waals surface area contributed by atoms with Crippen molar-refractivity contribution in [3.8, 4) is 0 Å². The second-order valence-electron chi connectivity index (χ2n) is 7.83. The summed E-state index contributed by atoms with van der Waals surface area (Å²) in [7, 11) is 0. The summed E-state index contributed by atoms with van der Waals surface area (Å²) in [5, 5.41) is 5.29. The van der Waals surface area contributed by atoms with Gasteiger partial charge in [0.1, 0.15) is 0 Å². The Labute approximate surface area is 160 Å². The molecule has 3 rings (SSSR count). The highest BCUT2D eigenvalue weighted by molar-refractivity contribution is 7.10. The minimum absolute atomic E-state index is 0.0112. The van der Waals surface area contributed by atoms with E-state index in [0.717, 1.165) is 13.0 Å². The lowest BCUT2D eigenvalue weighted by Crippen LogP contribution is -2.44. The van der Waals surface area contributed by atoms with Crippen molar-refractivity contribution in [2.45, 2.75) is 38.6 Å². The van der Waals surface area contributed by atoms with Crippen LogP contribution in [-0.4, -0.2) is 30.4 Å². The molecule has 1 aromatic carbocycles. The summed E-state index contributed by atoms with van der Waals surface area (Å²) in [4.78, 5) is 16.3. The molecule has 0 saturated heterocycles. The highest BCUT2D eigenvalue weighted by Crippen LogP contribution is 2.38. The quantitative estimate of drug-likeness (QED) is 0.630. The lowest BCUT2D eigenvalue weighted by Gasteiger charge is -2.36. The maximum atomic E-state index is 12.8. The van der Waals surface area contributed by atoms with Gasteiger partial charge in [-0.05, 0) is 40.0 Å². The van der Waals surface area contributed by atoms with Crippen LogP contribution in [0.1, 0.15) is 48.4 Å². The van der Waals surface area contributed by atoms with Crippen LogP contribution in [0.15, 0.2) is 48.4 Å². The van der Waals surface area contributed by atoms with Gasteiger partial charge in [-0.2, -0.15) is 0 Å². The van der Waals surface area contributed by atoms with Gasteiger partial charge in [0.15, 0.2) is 0 Å². The maximum Gasteiger partial charge on any atom is 0.237 e. The zero-order valence-electron chi connectivity index (χ0n) is 15.9. The van der Waals surface area contributed by atoms with E-state index in [1.54, 1.807) is 17.4 Å². The van der Waals surface area contributed by atoms with Crippen LogP contribution in [0.5, 0.6) is 0 Å². The molecule has 3 nitrogen and oxygen atoms in total. The molecule has 1 atom stereocenters. The molecule has 0 unspecified atom stereocenters. The molecule has 0 aliphatic carbocycles. The molecule has 2 heterocycles. The van der Waals surface area contributed by atoms with Crippen molar-refractivity contribution in [2.75, 3.05) is 19.6 Å². The van der Waals surface area contributed by atoms with Crippen molar-refractivity contribution in [1.29, 1.82) is 0 Å². The number of fused-ring (bicyclic) bond motifs is 1. The first-order valence-electron chi connectivity index (χ1n) is 9.19. The first-order valence-corrected chi connectivity index (χ1v) is 10.1. The predicted molar refractivity (Wildman–Crippen MR) is 110 cm³/mol. The second-order valence-corrected chi connectivity index (χ2v) is 8.83. The van der Waals surface area contributed by atoms with Gasteiger partial charge in [-0.1, -0.05) is 51.1 Å². The van der Waals surface area contributed by atoms with Crippen LogP contribution in [0.2, 0.25) is 0 Å². The van der Waals surface area contributed by atoms with Crippen LogP contribution >= 0.6 is 11.3 Å². The van der Waals surface area contributed by atoms with E-state index in [0.29, 0.717) is 13.1 Å². The molecular weight excluding hydrogens is 340 g/mol. The highest BCUT2D eigenvalue weighted by Gasteiger charge is 2.32. The van der Waals surface area contributed by atoms with Gasteiger partial charge in [-0.3, -0.25) is 4.79 Å². The molecular formula is C22H28N2OS. The molecule has 1 N–H and O–H groups in total. The van der Waals surface area contributed by atoms with E-state index >= 15 is 0 Å². The largest absolute Gasteiger partial charge is 0.330 e. The smallest absolute Gasteiger partial charge is 0.237 e. The van der Waals surface area contributed by atoms with Gasteiger partial charge >= 0.3 is 0 Å². The predicted octanol–water partition coefficient (Wildman–Crippen LogP) is 4.30. The third-order valence-corrected chi connectivity index (χ3v) is 5.94. The Morgan fingerprint density at radius 1 is 1.31 bits per heavy atom. The van der Waals surface area contributed by atoms with E-state index < -0.39 is 0 Å². The first-order chi connectivity index (χ1) is 12.4. The molecule has 4 heteroatoms. The summed E-state index contributed by atoms with van der Waals surface area (Å²) in [6.07, 6.45) is 2.72. The van der Waals surface area contributed by atoms with Gasteiger partial charge in [0, 0.05) is 18.0 Å². The van der Waals surface area contributed by atoms with Gasteiger partial charge in [-0.15, -0.1) is 17.9 Å². The number of nitrogens with one attached hydrogen (secondary N) is 1. The molecule has 1 aromatic heterocycles. The van der Waals surface area contributed by atoms with Crippen molar-refractivity contribution >= 4 is 17.2 Å². The van der Waals surface area contributed by atoms with Crippen LogP contribution in [0.4, 0.5) is 0 Å². The van der Waals surface area contributed by atoms with Crippen molar-refractivity contribution in [3.63, 3.8) is 0 Å². The average molecular weight is 369 g/mol. The molecule has 0 bridgehead atoms. The monoisotopic (exact) mass is 368 g/mol. The Kier molecular flexibility index (Phi) is 5.64. The van der Waals surface area contributed by atoms with Gasteiger partial charge in [0.05, 0.1) is 12.6 Å². The fourth-order valence-electron chi connectivity index (χ4n) is 3.49. The molecule has 0 saturated carbocycles. The molecule has 138 valence electrons. The molecule has 1 aliphatic heterocycles. The number of nitrogens with zero attached hydrogens (tertiary/aromatic N) is 1. The lowest BCUT2D eigenvalue weighted by atomic mass is 9.85. The Bertz CT molecular complexity index is 770. The molecule has 0 spiro atoms.